The summed E-state index contributed by atoms with van der Waals surface area (Å²) in [7, 11) is 2.60. The van der Waals surface area contributed by atoms with E-state index >= 15 is 0 Å². The van der Waals surface area contributed by atoms with Crippen molar-refractivity contribution in [1.82, 2.24) is 5.32 Å². The first-order valence-corrected chi connectivity index (χ1v) is 9.40. The van der Waals surface area contributed by atoms with Crippen molar-refractivity contribution in [3.63, 3.8) is 0 Å². The van der Waals surface area contributed by atoms with E-state index in [1.807, 2.05) is 0 Å². The molecule has 2 unspecified atom stereocenters. The molecule has 2 atom stereocenters. The monoisotopic (exact) mass is 415 g/mol. The van der Waals surface area contributed by atoms with E-state index in [0.717, 1.165) is 0 Å². The highest BCUT2D eigenvalue weighted by Gasteiger charge is 2.40. The van der Waals surface area contributed by atoms with E-state index < -0.39 is 29.9 Å². The van der Waals surface area contributed by atoms with Gasteiger partial charge in [-0.1, -0.05) is 12.1 Å². The number of esters is 3. The minimum absolute atomic E-state index is 0.159. The van der Waals surface area contributed by atoms with E-state index in [1.165, 1.54) is 14.2 Å². The molecule has 0 spiro atoms. The number of hydrogen-bond donors (Lipinski definition) is 1. The molecule has 0 aromatic heterocycles. The van der Waals surface area contributed by atoms with Gasteiger partial charge in [0.2, 0.25) is 6.10 Å². The highest BCUT2D eigenvalue weighted by Crippen LogP contribution is 2.40. The number of carbonyl (C=O) groups excluding carboxylic acids is 3. The lowest BCUT2D eigenvalue weighted by Gasteiger charge is -2.30. The minimum Gasteiger partial charge on any atom is -0.466 e. The lowest BCUT2D eigenvalue weighted by molar-refractivity contribution is -0.428. The molecule has 3 rings (SSSR count). The number of nitrogens with one attached hydrogen (secondary N) is 1. The number of nitroso groups, excluding NO2 is 1. The van der Waals surface area contributed by atoms with Crippen molar-refractivity contribution in [2.45, 2.75) is 32.3 Å². The summed E-state index contributed by atoms with van der Waals surface area (Å²) in [5.41, 5.74) is 2.26. The molecule has 1 fully saturated rings. The Morgan fingerprint density at radius 3 is 2.40 bits per heavy atom. The average molecular weight is 415 g/mol. The largest absolute Gasteiger partial charge is 0.466 e. The second kappa shape index (κ2) is 8.48. The van der Waals surface area contributed by atoms with Crippen LogP contribution in [0.5, 0.6) is 0 Å². The minimum atomic E-state index is -0.994. The van der Waals surface area contributed by atoms with Crippen molar-refractivity contribution in [3.8, 4) is 0 Å². The van der Waals surface area contributed by atoms with E-state index in [-0.39, 0.29) is 24.2 Å². The predicted octanol–water partition coefficient (Wildman–Crippen LogP) is 1.99. The first-order valence-electron chi connectivity index (χ1n) is 9.40. The fourth-order valence-electron chi connectivity index (χ4n) is 3.66. The molecular weight excluding hydrogens is 392 g/mol. The van der Waals surface area contributed by atoms with Crippen LogP contribution in [0.1, 0.15) is 31.7 Å². The number of dihydropyridines is 1. The zero-order chi connectivity index (χ0) is 22.0. The van der Waals surface area contributed by atoms with Gasteiger partial charge in [0.1, 0.15) is 0 Å². The van der Waals surface area contributed by atoms with Crippen LogP contribution >= 0.6 is 0 Å². The average Bonchev–Trinajstić information content (AvgIpc) is 3.11. The third-order valence-corrected chi connectivity index (χ3v) is 5.09. The lowest BCUT2D eigenvalue weighted by atomic mass is 9.80. The SMILES string of the molecule is COC(=O)C1=C(C)NC(C)=C(C(=O)OC2CCOC2=O)C1c1cccc([N+](C)=O)c1. The molecule has 1 N–H and O–H groups in total. The maximum atomic E-state index is 13.1. The first kappa shape index (κ1) is 21.2. The third-order valence-electron chi connectivity index (χ3n) is 5.09. The van der Waals surface area contributed by atoms with Crippen molar-refractivity contribution >= 4 is 23.6 Å². The second-order valence-electron chi connectivity index (χ2n) is 7.07. The topological polar surface area (TPSA) is 111 Å². The molecule has 9 nitrogen and oxygen atoms in total. The van der Waals surface area contributed by atoms with Crippen LogP contribution in [0.4, 0.5) is 5.69 Å². The molecule has 1 aromatic rings. The van der Waals surface area contributed by atoms with Crippen LogP contribution < -0.4 is 5.32 Å². The molecular formula is C21H23N2O7+. The normalized spacial score (nSPS) is 21.1. The highest BCUT2D eigenvalue weighted by atomic mass is 16.6. The van der Waals surface area contributed by atoms with Gasteiger partial charge in [0, 0.05) is 39.6 Å². The molecule has 0 bridgehead atoms. The van der Waals surface area contributed by atoms with Crippen LogP contribution in [0.25, 0.3) is 0 Å². The summed E-state index contributed by atoms with van der Waals surface area (Å²) >= 11 is 0. The zero-order valence-electron chi connectivity index (χ0n) is 17.2. The summed E-state index contributed by atoms with van der Waals surface area (Å²) in [6.45, 7) is 3.56. The van der Waals surface area contributed by atoms with Crippen LogP contribution in [0.2, 0.25) is 0 Å². The summed E-state index contributed by atoms with van der Waals surface area (Å²) in [6, 6.07) is 6.60. The fourth-order valence-corrected chi connectivity index (χ4v) is 3.66. The first-order chi connectivity index (χ1) is 14.2. The van der Waals surface area contributed by atoms with Gasteiger partial charge in [-0.25, -0.2) is 14.4 Å². The smallest absolute Gasteiger partial charge is 0.347 e. The van der Waals surface area contributed by atoms with Crippen LogP contribution in [0.15, 0.2) is 46.8 Å². The summed E-state index contributed by atoms with van der Waals surface area (Å²) in [6.07, 6.45) is -0.726. The summed E-state index contributed by atoms with van der Waals surface area (Å²) in [4.78, 5) is 49.3. The number of methoxy groups -OCH3 is 1. The maximum absolute atomic E-state index is 13.1. The van der Waals surface area contributed by atoms with Crippen LogP contribution in [-0.2, 0) is 28.6 Å². The number of cyclic esters (lactones) is 1. The molecule has 0 radical (unpaired) electrons. The molecule has 0 aliphatic carbocycles. The number of benzene rings is 1. The maximum Gasteiger partial charge on any atom is 0.347 e. The predicted molar refractivity (Wildman–Crippen MR) is 104 cm³/mol. The van der Waals surface area contributed by atoms with Gasteiger partial charge in [-0.3, -0.25) is 0 Å². The van der Waals surface area contributed by atoms with Gasteiger partial charge in [-0.05, 0) is 19.4 Å². The number of rotatable bonds is 5. The molecule has 158 valence electrons. The fraction of sp³-hybridized carbons (Fsp3) is 0.381. The Hall–Kier alpha value is -3.49. The van der Waals surface area contributed by atoms with Crippen molar-refractivity contribution < 1.29 is 33.4 Å². The Balaban J connectivity index is 2.10. The van der Waals surface area contributed by atoms with Gasteiger partial charge in [0.05, 0.1) is 30.8 Å². The number of allylic oxidation sites excluding steroid dienone is 2. The summed E-state index contributed by atoms with van der Waals surface area (Å²) in [5.74, 6) is -2.81. The molecule has 1 saturated heterocycles. The Kier molecular flexibility index (Phi) is 6.00. The molecule has 2 aliphatic heterocycles. The molecule has 2 aliphatic rings. The van der Waals surface area contributed by atoms with E-state index in [4.69, 9.17) is 14.2 Å². The Labute approximate surface area is 173 Å². The van der Waals surface area contributed by atoms with E-state index in [0.29, 0.717) is 27.4 Å². The second-order valence-corrected chi connectivity index (χ2v) is 7.07. The van der Waals surface area contributed by atoms with E-state index in [9.17, 15) is 19.3 Å². The number of ether oxygens (including phenoxy) is 3. The van der Waals surface area contributed by atoms with Gasteiger partial charge in [-0.2, -0.15) is 0 Å². The lowest BCUT2D eigenvalue weighted by Crippen LogP contribution is -2.34. The van der Waals surface area contributed by atoms with Crippen LogP contribution in [0, 0.1) is 4.91 Å². The Morgan fingerprint density at radius 2 is 1.83 bits per heavy atom. The van der Waals surface area contributed by atoms with E-state index in [1.54, 1.807) is 38.1 Å². The van der Waals surface area contributed by atoms with Crippen LogP contribution in [0.3, 0.4) is 0 Å². The number of carbonyl (C=O) groups is 3. The molecule has 1 aromatic carbocycles. The molecule has 0 saturated carbocycles. The molecule has 2 heterocycles. The van der Waals surface area contributed by atoms with Gasteiger partial charge in [0.25, 0.3) is 5.69 Å². The van der Waals surface area contributed by atoms with Gasteiger partial charge in [-0.15, -0.1) is 0 Å². The van der Waals surface area contributed by atoms with Gasteiger partial charge in [0.15, 0.2) is 7.05 Å². The van der Waals surface area contributed by atoms with Crippen molar-refractivity contribution in [2.24, 2.45) is 0 Å². The van der Waals surface area contributed by atoms with Crippen molar-refractivity contribution in [2.75, 3.05) is 20.8 Å². The summed E-state index contributed by atoms with van der Waals surface area (Å²) < 4.78 is 15.9. The van der Waals surface area contributed by atoms with Gasteiger partial charge >= 0.3 is 17.9 Å². The summed E-state index contributed by atoms with van der Waals surface area (Å²) in [5, 5.41) is 3.02. The number of hydrogen-bond acceptors (Lipinski definition) is 8. The Bertz CT molecular complexity index is 993. The highest BCUT2D eigenvalue weighted by molar-refractivity contribution is 6.00. The standard InChI is InChI=1S/C21H22N2O7/c1-11-16(20(25)28-4)18(13-6-5-7-14(10-13)23(3)27)17(12(2)22-11)21(26)30-15-8-9-29-19(15)24/h5-7,10,15,18H,8-9H2,1-4H3/p+1. The third kappa shape index (κ3) is 3.96. The molecule has 30 heavy (non-hydrogen) atoms. The quantitative estimate of drug-likeness (QED) is 0.442. The van der Waals surface area contributed by atoms with Crippen molar-refractivity contribution in [1.29, 1.82) is 0 Å². The Morgan fingerprint density at radius 1 is 1.17 bits per heavy atom. The zero-order valence-corrected chi connectivity index (χ0v) is 17.2. The molecule has 0 amide bonds. The molecule has 9 heteroatoms. The van der Waals surface area contributed by atoms with Crippen LogP contribution in [-0.4, -0.2) is 49.5 Å². The van der Waals surface area contributed by atoms with Crippen molar-refractivity contribution in [3.05, 3.63) is 57.3 Å². The van der Waals surface area contributed by atoms with E-state index in [2.05, 4.69) is 5.32 Å². The van der Waals surface area contributed by atoms with Gasteiger partial charge < -0.3 is 19.5 Å². The number of nitrogens with zero attached hydrogens (tertiary/aromatic N) is 1.